The number of aliphatic hydroxyl groups excluding tert-OH is 2. The van der Waals surface area contributed by atoms with E-state index in [1.54, 1.807) is 13.8 Å². The van der Waals surface area contributed by atoms with Crippen LogP contribution in [0.5, 0.6) is 0 Å². The zero-order valence-corrected chi connectivity index (χ0v) is 14.7. The van der Waals surface area contributed by atoms with Crippen LogP contribution in [0.25, 0.3) is 0 Å². The van der Waals surface area contributed by atoms with Gasteiger partial charge in [-0.25, -0.2) is 0 Å². The summed E-state index contributed by atoms with van der Waals surface area (Å²) in [6.07, 6.45) is -0.672. The van der Waals surface area contributed by atoms with Gasteiger partial charge in [0.05, 0.1) is 24.1 Å². The van der Waals surface area contributed by atoms with Crippen molar-refractivity contribution in [2.24, 2.45) is 0 Å². The summed E-state index contributed by atoms with van der Waals surface area (Å²) in [6, 6.07) is 0. The molecule has 0 spiro atoms. The summed E-state index contributed by atoms with van der Waals surface area (Å²) in [5.41, 5.74) is 0. The van der Waals surface area contributed by atoms with E-state index in [0.717, 1.165) is 0 Å². The molecule has 0 saturated carbocycles. The van der Waals surface area contributed by atoms with Crippen molar-refractivity contribution in [3.8, 4) is 0 Å². The van der Waals surface area contributed by atoms with Crippen LogP contribution < -0.4 is 10.2 Å². The first-order chi connectivity index (χ1) is 7.36. The maximum atomic E-state index is 9.73. The number of aliphatic carboxylic acids is 2. The fourth-order valence-corrected chi connectivity index (χ4v) is 0.783. The number of rotatable bonds is 6. The third-order valence-electron chi connectivity index (χ3n) is 1.67. The van der Waals surface area contributed by atoms with Gasteiger partial charge in [-0.3, -0.25) is 0 Å². The molecule has 0 rings (SSSR count). The van der Waals surface area contributed by atoms with Gasteiger partial charge in [-0.1, -0.05) is 26.7 Å². The summed E-state index contributed by atoms with van der Waals surface area (Å²) in [5, 5.41) is 36.4. The largest absolute Gasteiger partial charge is 2.00 e. The molecule has 0 aromatic rings. The van der Waals surface area contributed by atoms with Crippen molar-refractivity contribution in [3.05, 3.63) is 0 Å². The Hall–Kier alpha value is 0.431. The van der Waals surface area contributed by atoms with E-state index < -0.39 is 24.1 Å². The smallest absolute Gasteiger partial charge is 0.547 e. The van der Waals surface area contributed by atoms with Gasteiger partial charge in [-0.15, -0.1) is 0 Å². The molecule has 0 fully saturated rings. The quantitative estimate of drug-likeness (QED) is 0.495. The van der Waals surface area contributed by atoms with E-state index in [1.165, 1.54) is 0 Å². The molecule has 6 nitrogen and oxygen atoms in total. The van der Waals surface area contributed by atoms with Crippen molar-refractivity contribution in [1.29, 1.82) is 0 Å². The first kappa shape index (κ1) is 22.6. The molecule has 0 unspecified atom stereocenters. The van der Waals surface area contributed by atoms with E-state index in [9.17, 15) is 19.8 Å². The standard InChI is InChI=1S/2C5H10O3.Ba/c2*1-2-3-4(6)5(7)8;/h2*4,6H,2-3H2,1H3,(H,7,8);/q;;+2/p-2/t2*4-;/m11./s1. The van der Waals surface area contributed by atoms with Crippen LogP contribution >= 0.6 is 0 Å². The molecule has 0 aliphatic rings. The van der Waals surface area contributed by atoms with Gasteiger partial charge in [0.1, 0.15) is 0 Å². The zero-order chi connectivity index (χ0) is 13.1. The van der Waals surface area contributed by atoms with Crippen molar-refractivity contribution in [1.82, 2.24) is 0 Å². The van der Waals surface area contributed by atoms with Crippen LogP contribution in [0.2, 0.25) is 0 Å². The molecule has 0 aliphatic heterocycles. The van der Waals surface area contributed by atoms with Gasteiger partial charge in [0.2, 0.25) is 0 Å². The van der Waals surface area contributed by atoms with Gasteiger partial charge in [-0.2, -0.15) is 0 Å². The maximum Gasteiger partial charge on any atom is 2.00 e. The minimum absolute atomic E-state index is 0. The molecule has 0 aromatic heterocycles. The number of aliphatic hydroxyl groups is 2. The van der Waals surface area contributed by atoms with Crippen LogP contribution in [0.4, 0.5) is 0 Å². The molecule has 17 heavy (non-hydrogen) atoms. The van der Waals surface area contributed by atoms with E-state index >= 15 is 0 Å². The van der Waals surface area contributed by atoms with Gasteiger partial charge in [0, 0.05) is 0 Å². The fourth-order valence-electron chi connectivity index (χ4n) is 0.783. The molecular formula is C10H18BaO6. The van der Waals surface area contributed by atoms with E-state index in [-0.39, 0.29) is 61.7 Å². The number of hydrogen-bond acceptors (Lipinski definition) is 6. The molecule has 2 atom stereocenters. The second-order valence-corrected chi connectivity index (χ2v) is 3.25. The number of carbonyl (C=O) groups excluding carboxylic acids is 2. The number of carbonyl (C=O) groups is 2. The topological polar surface area (TPSA) is 121 Å². The van der Waals surface area contributed by atoms with Crippen LogP contribution in [0.15, 0.2) is 0 Å². The molecule has 2 N–H and O–H groups in total. The monoisotopic (exact) mass is 372 g/mol. The molecule has 0 bridgehead atoms. The van der Waals surface area contributed by atoms with Crippen LogP contribution in [-0.2, 0) is 9.59 Å². The molecule has 7 heteroatoms. The first-order valence-corrected chi connectivity index (χ1v) is 5.14. The maximum absolute atomic E-state index is 9.73. The van der Waals surface area contributed by atoms with Crippen molar-refractivity contribution in [2.45, 2.75) is 51.7 Å². The van der Waals surface area contributed by atoms with E-state index in [1.807, 2.05) is 0 Å². The summed E-state index contributed by atoms with van der Waals surface area (Å²) in [7, 11) is 0. The SMILES string of the molecule is CCC[C@@H](O)C(=O)[O-].CCC[C@@H](O)C(=O)[O-].[Ba+2]. The zero-order valence-electron chi connectivity index (χ0n) is 10.2. The summed E-state index contributed by atoms with van der Waals surface area (Å²) >= 11 is 0. The Labute approximate surface area is 141 Å². The second kappa shape index (κ2) is 14.5. The Morgan fingerprint density at radius 1 is 0.941 bits per heavy atom. The van der Waals surface area contributed by atoms with Crippen LogP contribution in [-0.4, -0.2) is 83.2 Å². The Kier molecular flexibility index (Phi) is 19.3. The number of hydrogen-bond donors (Lipinski definition) is 2. The van der Waals surface area contributed by atoms with E-state index in [0.29, 0.717) is 12.8 Å². The summed E-state index contributed by atoms with van der Waals surface area (Å²) in [4.78, 5) is 19.5. The van der Waals surface area contributed by atoms with Crippen LogP contribution in [0.3, 0.4) is 0 Å². The predicted octanol–water partition coefficient (Wildman–Crippen LogP) is -2.59. The van der Waals surface area contributed by atoms with Gasteiger partial charge >= 0.3 is 48.9 Å². The average Bonchev–Trinajstić information content (AvgIpc) is 2.19. The second-order valence-electron chi connectivity index (χ2n) is 3.25. The summed E-state index contributed by atoms with van der Waals surface area (Å²) in [6.45, 7) is 3.60. The molecule has 0 amide bonds. The first-order valence-electron chi connectivity index (χ1n) is 5.14. The summed E-state index contributed by atoms with van der Waals surface area (Å²) < 4.78 is 0. The van der Waals surface area contributed by atoms with Crippen molar-refractivity contribution >= 4 is 60.8 Å². The van der Waals surface area contributed by atoms with Gasteiger partial charge in [0.15, 0.2) is 0 Å². The molecule has 0 heterocycles. The number of carboxylic acid groups (broad SMARTS) is 2. The van der Waals surface area contributed by atoms with Crippen molar-refractivity contribution in [2.75, 3.05) is 0 Å². The van der Waals surface area contributed by atoms with Crippen LogP contribution in [0.1, 0.15) is 39.5 Å². The predicted molar refractivity (Wildman–Crippen MR) is 57.6 cm³/mol. The normalized spacial score (nSPS) is 12.5. The third-order valence-corrected chi connectivity index (χ3v) is 1.67. The Morgan fingerprint density at radius 3 is 1.24 bits per heavy atom. The van der Waals surface area contributed by atoms with Gasteiger partial charge in [-0.05, 0) is 12.8 Å². The van der Waals surface area contributed by atoms with E-state index in [4.69, 9.17) is 10.2 Å². The van der Waals surface area contributed by atoms with E-state index in [2.05, 4.69) is 0 Å². The molecule has 0 aromatic carbocycles. The minimum Gasteiger partial charge on any atom is -0.547 e. The van der Waals surface area contributed by atoms with Crippen molar-refractivity contribution in [3.63, 3.8) is 0 Å². The Bertz CT molecular complexity index is 187. The average molecular weight is 372 g/mol. The molecule has 0 radical (unpaired) electrons. The Morgan fingerprint density at radius 2 is 1.18 bits per heavy atom. The molecule has 0 aliphatic carbocycles. The van der Waals surface area contributed by atoms with Crippen molar-refractivity contribution < 1.29 is 30.0 Å². The molecule has 0 saturated heterocycles. The minimum atomic E-state index is -1.38. The van der Waals surface area contributed by atoms with Crippen LogP contribution in [0, 0.1) is 0 Å². The Balaban J connectivity index is -0.000000218. The fraction of sp³-hybridized carbons (Fsp3) is 0.800. The molecule has 96 valence electrons. The molecular weight excluding hydrogens is 353 g/mol. The van der Waals surface area contributed by atoms with Gasteiger partial charge in [0.25, 0.3) is 0 Å². The van der Waals surface area contributed by atoms with Gasteiger partial charge < -0.3 is 30.0 Å². The third kappa shape index (κ3) is 16.4. The number of carboxylic acids is 2. The summed E-state index contributed by atoms with van der Waals surface area (Å²) in [5.74, 6) is -2.77.